The molecule has 1 aromatic heterocycles. The fourth-order valence-corrected chi connectivity index (χ4v) is 1.20. The van der Waals surface area contributed by atoms with Crippen LogP contribution in [0.1, 0.15) is 13.8 Å². The van der Waals surface area contributed by atoms with Gasteiger partial charge in [0.05, 0.1) is 11.3 Å². The van der Waals surface area contributed by atoms with Crippen LogP contribution in [0.3, 0.4) is 0 Å². The first-order chi connectivity index (χ1) is 7.68. The maximum Gasteiger partial charge on any atom is 0.315 e. The van der Waals surface area contributed by atoms with E-state index in [0.717, 1.165) is 0 Å². The minimum Gasteiger partial charge on any atom is -0.405 e. The van der Waals surface area contributed by atoms with Crippen LogP contribution in [0.2, 0.25) is 0 Å². The second kappa shape index (κ2) is 4.22. The van der Waals surface area contributed by atoms with E-state index in [4.69, 9.17) is 4.74 Å². The molecule has 0 N–H and O–H groups in total. The molecule has 0 aliphatic heterocycles. The zero-order chi connectivity index (χ0) is 11.5. The number of hydrogen-bond acceptors (Lipinski definition) is 5. The molecule has 0 fully saturated rings. The average Bonchev–Trinajstić information content (AvgIpc) is 2.29. The molecular formula is C11H11N3O2. The van der Waals surface area contributed by atoms with E-state index in [9.17, 15) is 4.79 Å². The lowest BCUT2D eigenvalue weighted by Gasteiger charge is -2.06. The van der Waals surface area contributed by atoms with Crippen LogP contribution in [0, 0.1) is 5.92 Å². The Morgan fingerprint density at radius 2 is 2.00 bits per heavy atom. The number of benzene rings is 1. The van der Waals surface area contributed by atoms with E-state index in [2.05, 4.69) is 15.4 Å². The summed E-state index contributed by atoms with van der Waals surface area (Å²) in [6, 6.07) is 7.25. The second-order valence-corrected chi connectivity index (χ2v) is 3.69. The predicted molar refractivity (Wildman–Crippen MR) is 57.8 cm³/mol. The van der Waals surface area contributed by atoms with Gasteiger partial charge in [0.25, 0.3) is 5.88 Å². The van der Waals surface area contributed by atoms with Gasteiger partial charge < -0.3 is 4.74 Å². The molecule has 16 heavy (non-hydrogen) atoms. The molecule has 0 aliphatic rings. The maximum atomic E-state index is 11.4. The van der Waals surface area contributed by atoms with Gasteiger partial charge in [-0.05, 0) is 17.3 Å². The monoisotopic (exact) mass is 217 g/mol. The van der Waals surface area contributed by atoms with E-state index in [1.54, 1.807) is 26.0 Å². The first-order valence-corrected chi connectivity index (χ1v) is 4.98. The Balaban J connectivity index is 2.41. The van der Waals surface area contributed by atoms with Gasteiger partial charge in [-0.3, -0.25) is 4.79 Å². The topological polar surface area (TPSA) is 65.0 Å². The molecule has 0 aliphatic carbocycles. The number of fused-ring (bicyclic) bond motifs is 1. The van der Waals surface area contributed by atoms with E-state index in [0.29, 0.717) is 10.9 Å². The van der Waals surface area contributed by atoms with Gasteiger partial charge in [-0.2, -0.15) is 0 Å². The third-order valence-electron chi connectivity index (χ3n) is 2.09. The van der Waals surface area contributed by atoms with E-state index in [-0.39, 0.29) is 17.8 Å². The quantitative estimate of drug-likeness (QED) is 0.714. The molecule has 2 aromatic rings. The third-order valence-corrected chi connectivity index (χ3v) is 2.09. The largest absolute Gasteiger partial charge is 0.405 e. The lowest BCUT2D eigenvalue weighted by Crippen LogP contribution is -2.16. The van der Waals surface area contributed by atoms with Gasteiger partial charge in [-0.25, -0.2) is 0 Å². The highest BCUT2D eigenvalue weighted by Crippen LogP contribution is 2.20. The fourth-order valence-electron chi connectivity index (χ4n) is 1.20. The van der Waals surface area contributed by atoms with Crippen LogP contribution in [0.15, 0.2) is 24.3 Å². The average molecular weight is 217 g/mol. The van der Waals surface area contributed by atoms with Crippen molar-refractivity contribution in [3.63, 3.8) is 0 Å². The Hall–Kier alpha value is -2.04. The zero-order valence-corrected chi connectivity index (χ0v) is 9.04. The molecule has 82 valence electrons. The van der Waals surface area contributed by atoms with E-state index >= 15 is 0 Å². The van der Waals surface area contributed by atoms with Crippen molar-refractivity contribution in [1.82, 2.24) is 15.4 Å². The highest BCUT2D eigenvalue weighted by atomic mass is 16.5. The van der Waals surface area contributed by atoms with Crippen LogP contribution in [0.5, 0.6) is 5.88 Å². The van der Waals surface area contributed by atoms with E-state index in [1.807, 2.05) is 12.1 Å². The molecule has 0 atom stereocenters. The molecule has 0 unspecified atom stereocenters. The number of ether oxygens (including phenoxy) is 1. The van der Waals surface area contributed by atoms with Crippen molar-refractivity contribution in [2.24, 2.45) is 5.92 Å². The predicted octanol–water partition coefficient (Wildman–Crippen LogP) is 1.59. The first kappa shape index (κ1) is 10.5. The van der Waals surface area contributed by atoms with Crippen LogP contribution < -0.4 is 4.74 Å². The summed E-state index contributed by atoms with van der Waals surface area (Å²) in [7, 11) is 0. The molecule has 1 heterocycles. The normalized spacial score (nSPS) is 10.7. The number of carbonyl (C=O) groups excluding carboxylic acids is 1. The summed E-state index contributed by atoms with van der Waals surface area (Å²) >= 11 is 0. The third kappa shape index (κ3) is 1.98. The molecule has 0 radical (unpaired) electrons. The van der Waals surface area contributed by atoms with Gasteiger partial charge in [0.1, 0.15) is 5.52 Å². The number of aromatic nitrogens is 3. The van der Waals surface area contributed by atoms with Gasteiger partial charge in [-0.15, -0.1) is 5.10 Å². The summed E-state index contributed by atoms with van der Waals surface area (Å²) in [5.74, 6) is -0.316. The summed E-state index contributed by atoms with van der Waals surface area (Å²) in [6.07, 6.45) is 0. The first-order valence-electron chi connectivity index (χ1n) is 4.98. The molecule has 0 saturated carbocycles. The Labute approximate surface area is 92.4 Å². The smallest absolute Gasteiger partial charge is 0.315 e. The summed E-state index contributed by atoms with van der Waals surface area (Å²) in [6.45, 7) is 3.53. The van der Waals surface area contributed by atoms with Gasteiger partial charge >= 0.3 is 5.97 Å². The zero-order valence-electron chi connectivity index (χ0n) is 9.04. The van der Waals surface area contributed by atoms with Gasteiger partial charge in [-0.1, -0.05) is 31.1 Å². The number of carbonyl (C=O) groups is 1. The van der Waals surface area contributed by atoms with Crippen LogP contribution in [-0.2, 0) is 4.79 Å². The summed E-state index contributed by atoms with van der Waals surface area (Å²) in [5, 5.41) is 11.8. The molecular weight excluding hydrogens is 206 g/mol. The van der Waals surface area contributed by atoms with Crippen molar-refractivity contribution in [2.75, 3.05) is 0 Å². The summed E-state index contributed by atoms with van der Waals surface area (Å²) in [5.41, 5.74) is 0.657. The molecule has 0 saturated heterocycles. The summed E-state index contributed by atoms with van der Waals surface area (Å²) in [4.78, 5) is 11.4. The minimum absolute atomic E-state index is 0.200. The minimum atomic E-state index is -0.328. The Kier molecular flexibility index (Phi) is 2.76. The fraction of sp³-hybridized carbons (Fsp3) is 0.273. The Morgan fingerprint density at radius 3 is 2.75 bits per heavy atom. The van der Waals surface area contributed by atoms with Crippen molar-refractivity contribution in [3.8, 4) is 5.88 Å². The molecule has 5 nitrogen and oxygen atoms in total. The standard InChI is InChI=1S/C11H11N3O2/c1-7(2)11(15)16-10-8-5-3-4-6-9(8)12-14-13-10/h3-7H,1-2H3. The van der Waals surface area contributed by atoms with E-state index < -0.39 is 0 Å². The highest BCUT2D eigenvalue weighted by Gasteiger charge is 2.13. The van der Waals surface area contributed by atoms with E-state index in [1.165, 1.54) is 0 Å². The molecule has 1 aromatic carbocycles. The van der Waals surface area contributed by atoms with Crippen LogP contribution in [-0.4, -0.2) is 21.4 Å². The lowest BCUT2D eigenvalue weighted by atomic mass is 10.2. The molecule has 2 rings (SSSR count). The molecule has 0 spiro atoms. The van der Waals surface area contributed by atoms with Crippen molar-refractivity contribution in [3.05, 3.63) is 24.3 Å². The number of rotatable bonds is 2. The number of esters is 1. The number of hydrogen-bond donors (Lipinski definition) is 0. The van der Waals surface area contributed by atoms with Crippen LogP contribution in [0.25, 0.3) is 10.9 Å². The van der Waals surface area contributed by atoms with Gasteiger partial charge in [0.15, 0.2) is 0 Å². The molecule has 0 bridgehead atoms. The van der Waals surface area contributed by atoms with Crippen molar-refractivity contribution < 1.29 is 9.53 Å². The van der Waals surface area contributed by atoms with Crippen molar-refractivity contribution in [2.45, 2.75) is 13.8 Å². The highest BCUT2D eigenvalue weighted by molar-refractivity contribution is 5.85. The molecule has 0 amide bonds. The lowest BCUT2D eigenvalue weighted by molar-refractivity contribution is -0.137. The Bertz CT molecular complexity index is 520. The summed E-state index contributed by atoms with van der Waals surface area (Å²) < 4.78 is 5.14. The molecule has 5 heteroatoms. The van der Waals surface area contributed by atoms with Gasteiger partial charge in [0.2, 0.25) is 0 Å². The van der Waals surface area contributed by atoms with Crippen molar-refractivity contribution in [1.29, 1.82) is 0 Å². The van der Waals surface area contributed by atoms with Crippen molar-refractivity contribution >= 4 is 16.9 Å². The second-order valence-electron chi connectivity index (χ2n) is 3.69. The SMILES string of the molecule is CC(C)C(=O)Oc1nnnc2ccccc12. The van der Waals surface area contributed by atoms with Crippen LogP contribution >= 0.6 is 0 Å². The van der Waals surface area contributed by atoms with Gasteiger partial charge in [0, 0.05) is 0 Å². The number of nitrogens with zero attached hydrogens (tertiary/aromatic N) is 3. The maximum absolute atomic E-state index is 11.4. The van der Waals surface area contributed by atoms with Crippen LogP contribution in [0.4, 0.5) is 0 Å². The Morgan fingerprint density at radius 1 is 1.25 bits per heavy atom.